The van der Waals surface area contributed by atoms with Crippen molar-refractivity contribution in [3.8, 4) is 0 Å². The zero-order chi connectivity index (χ0) is 22.4. The first kappa shape index (κ1) is 26.7. The molecular weight excluding hydrogens is 539 g/mol. The van der Waals surface area contributed by atoms with Crippen LogP contribution < -0.4 is 10.6 Å². The molecule has 3 rings (SSSR count). The number of halogens is 1. The van der Waals surface area contributed by atoms with Crippen molar-refractivity contribution in [2.24, 2.45) is 10.9 Å². The number of rotatable bonds is 5. The van der Waals surface area contributed by atoms with Gasteiger partial charge in [0.25, 0.3) is 0 Å². The van der Waals surface area contributed by atoms with Gasteiger partial charge in [0, 0.05) is 42.8 Å². The van der Waals surface area contributed by atoms with Gasteiger partial charge in [-0.15, -0.1) is 35.3 Å². The third-order valence-electron chi connectivity index (χ3n) is 5.19. The van der Waals surface area contributed by atoms with Crippen LogP contribution in [0.5, 0.6) is 0 Å². The summed E-state index contributed by atoms with van der Waals surface area (Å²) in [4.78, 5) is 19.3. The summed E-state index contributed by atoms with van der Waals surface area (Å²) < 4.78 is 6.68. The Labute approximate surface area is 211 Å². The summed E-state index contributed by atoms with van der Waals surface area (Å²) >= 11 is 1.61. The number of nitrogens with zero attached hydrogens (tertiary/aromatic N) is 2. The van der Waals surface area contributed by atoms with E-state index in [1.807, 2.05) is 39.0 Å². The predicted molar refractivity (Wildman–Crippen MR) is 142 cm³/mol. The van der Waals surface area contributed by atoms with Crippen molar-refractivity contribution in [3.63, 3.8) is 0 Å². The zero-order valence-electron chi connectivity index (χ0n) is 19.3. The van der Waals surface area contributed by atoms with Gasteiger partial charge in [-0.3, -0.25) is 4.99 Å². The van der Waals surface area contributed by atoms with Crippen LogP contribution in [0.1, 0.15) is 44.6 Å². The summed E-state index contributed by atoms with van der Waals surface area (Å²) in [5, 5.41) is 18.3. The van der Waals surface area contributed by atoms with Crippen LogP contribution >= 0.6 is 35.3 Å². The van der Waals surface area contributed by atoms with Gasteiger partial charge >= 0.3 is 6.09 Å². The lowest BCUT2D eigenvalue weighted by Crippen LogP contribution is -2.47. The smallest absolute Gasteiger partial charge is 0.410 e. The molecule has 2 unspecified atom stereocenters. The van der Waals surface area contributed by atoms with E-state index in [-0.39, 0.29) is 30.1 Å². The highest BCUT2D eigenvalue weighted by molar-refractivity contribution is 14.0. The number of carbonyl (C=O) groups is 1. The Balaban J connectivity index is 0.00000363. The first-order chi connectivity index (χ1) is 14.7. The lowest BCUT2D eigenvalue weighted by atomic mass is 9.98. The summed E-state index contributed by atoms with van der Waals surface area (Å²) in [6.07, 6.45) is 1.16. The Bertz CT molecular complexity index is 879. The van der Waals surface area contributed by atoms with Gasteiger partial charge in [-0.25, -0.2) is 4.79 Å². The molecule has 1 aliphatic heterocycles. The Morgan fingerprint density at radius 2 is 2.09 bits per heavy atom. The predicted octanol–water partition coefficient (Wildman–Crippen LogP) is 4.36. The van der Waals surface area contributed by atoms with Crippen molar-refractivity contribution in [1.82, 2.24) is 15.5 Å². The van der Waals surface area contributed by atoms with E-state index >= 15 is 0 Å². The minimum absolute atomic E-state index is 0. The molecular formula is C23H35IN4O3S. The van der Waals surface area contributed by atoms with Gasteiger partial charge in [-0.2, -0.15) is 0 Å². The standard InChI is InChI=1S/C23H34N4O3S.HI/c1-23(2,3)30-22(29)27-11-7-8-16(15-27)13-25-21(24-4)26-14-18(28)20-12-17-9-5-6-10-19(17)31-20;/h5-6,9-10,12,16,18,28H,7-8,11,13-15H2,1-4H3,(H2,24,25,26);1H. The Kier molecular flexibility index (Phi) is 10.0. The molecule has 1 saturated heterocycles. The molecule has 178 valence electrons. The van der Waals surface area contributed by atoms with Crippen molar-refractivity contribution in [2.75, 3.05) is 33.2 Å². The van der Waals surface area contributed by atoms with Crippen molar-refractivity contribution < 1.29 is 14.6 Å². The number of aliphatic hydroxyl groups is 1. The molecule has 2 heterocycles. The fraction of sp³-hybridized carbons (Fsp3) is 0.565. The number of hydrogen-bond donors (Lipinski definition) is 3. The Morgan fingerprint density at radius 3 is 2.78 bits per heavy atom. The van der Waals surface area contributed by atoms with E-state index in [1.165, 1.54) is 4.70 Å². The number of fused-ring (bicyclic) bond motifs is 1. The number of guanidine groups is 1. The van der Waals surface area contributed by atoms with E-state index in [9.17, 15) is 9.90 Å². The number of amides is 1. The zero-order valence-corrected chi connectivity index (χ0v) is 22.4. The molecule has 9 heteroatoms. The lowest BCUT2D eigenvalue weighted by Gasteiger charge is -2.34. The molecule has 0 aliphatic carbocycles. The third kappa shape index (κ3) is 7.77. The second-order valence-electron chi connectivity index (χ2n) is 8.97. The van der Waals surface area contributed by atoms with Gasteiger partial charge in [0.15, 0.2) is 5.96 Å². The van der Waals surface area contributed by atoms with Gasteiger partial charge in [-0.1, -0.05) is 18.2 Å². The second-order valence-corrected chi connectivity index (χ2v) is 10.1. The number of benzene rings is 1. The normalized spacial score (nSPS) is 18.1. The highest BCUT2D eigenvalue weighted by Crippen LogP contribution is 2.29. The van der Waals surface area contributed by atoms with Gasteiger partial charge < -0.3 is 25.4 Å². The SMILES string of the molecule is CN=C(NCC1CCCN(C(=O)OC(C)(C)C)C1)NCC(O)c1cc2ccccc2s1.I. The van der Waals surface area contributed by atoms with Crippen LogP contribution in [0.15, 0.2) is 35.3 Å². The maximum Gasteiger partial charge on any atom is 0.410 e. The van der Waals surface area contributed by atoms with Crippen LogP contribution in [-0.4, -0.2) is 60.9 Å². The molecule has 0 saturated carbocycles. The second kappa shape index (κ2) is 12.0. The van der Waals surface area contributed by atoms with E-state index in [0.29, 0.717) is 31.5 Å². The van der Waals surface area contributed by atoms with Crippen LogP contribution in [0.25, 0.3) is 10.1 Å². The molecule has 1 aliphatic rings. The summed E-state index contributed by atoms with van der Waals surface area (Å²) in [5.41, 5.74) is -0.483. The molecule has 2 atom stereocenters. The molecule has 0 bridgehead atoms. The fourth-order valence-electron chi connectivity index (χ4n) is 3.65. The number of carbonyl (C=O) groups excluding carboxylic acids is 1. The van der Waals surface area contributed by atoms with Crippen molar-refractivity contribution in [1.29, 1.82) is 0 Å². The number of piperidine rings is 1. The number of ether oxygens (including phenoxy) is 1. The van der Waals surface area contributed by atoms with Crippen molar-refractivity contribution in [2.45, 2.75) is 45.3 Å². The minimum atomic E-state index is -0.603. The molecule has 2 aromatic rings. The van der Waals surface area contributed by atoms with E-state index in [1.54, 1.807) is 23.3 Å². The molecule has 7 nitrogen and oxygen atoms in total. The van der Waals surface area contributed by atoms with E-state index in [2.05, 4.69) is 27.8 Å². The minimum Gasteiger partial charge on any atom is -0.444 e. The Hall–Kier alpha value is -1.59. The van der Waals surface area contributed by atoms with Gasteiger partial charge in [-0.05, 0) is 57.0 Å². The van der Waals surface area contributed by atoms with Gasteiger partial charge in [0.2, 0.25) is 0 Å². The molecule has 1 amide bonds. The van der Waals surface area contributed by atoms with Crippen molar-refractivity contribution >= 4 is 57.5 Å². The molecule has 0 spiro atoms. The van der Waals surface area contributed by atoms with Crippen LogP contribution in [0, 0.1) is 5.92 Å². The summed E-state index contributed by atoms with van der Waals surface area (Å²) in [7, 11) is 1.72. The molecule has 1 aromatic heterocycles. The van der Waals surface area contributed by atoms with Gasteiger partial charge in [0.1, 0.15) is 11.7 Å². The first-order valence-electron chi connectivity index (χ1n) is 10.8. The first-order valence-corrected chi connectivity index (χ1v) is 11.7. The monoisotopic (exact) mass is 574 g/mol. The average molecular weight is 575 g/mol. The summed E-state index contributed by atoms with van der Waals surface area (Å²) in [5.74, 6) is 0.974. The number of aliphatic hydroxyl groups excluding tert-OH is 1. The number of likely N-dealkylation sites (tertiary alicyclic amines) is 1. The largest absolute Gasteiger partial charge is 0.444 e. The lowest BCUT2D eigenvalue weighted by molar-refractivity contribution is 0.0168. The molecule has 32 heavy (non-hydrogen) atoms. The summed E-state index contributed by atoms with van der Waals surface area (Å²) in [6.45, 7) is 8.15. The topological polar surface area (TPSA) is 86.2 Å². The number of thiophene rings is 1. The third-order valence-corrected chi connectivity index (χ3v) is 6.41. The van der Waals surface area contributed by atoms with Crippen LogP contribution in [0.3, 0.4) is 0 Å². The highest BCUT2D eigenvalue weighted by atomic mass is 127. The van der Waals surface area contributed by atoms with Crippen molar-refractivity contribution in [3.05, 3.63) is 35.2 Å². The Morgan fingerprint density at radius 1 is 1.34 bits per heavy atom. The van der Waals surface area contributed by atoms with Crippen LogP contribution in [0.4, 0.5) is 4.79 Å². The van der Waals surface area contributed by atoms with E-state index in [4.69, 9.17) is 4.74 Å². The quantitative estimate of drug-likeness (QED) is 0.281. The molecule has 1 fully saturated rings. The molecule has 0 radical (unpaired) electrons. The maximum absolute atomic E-state index is 12.4. The van der Waals surface area contributed by atoms with E-state index in [0.717, 1.165) is 29.6 Å². The number of hydrogen-bond acceptors (Lipinski definition) is 5. The number of nitrogens with one attached hydrogen (secondary N) is 2. The van der Waals surface area contributed by atoms with Gasteiger partial charge in [0.05, 0.1) is 0 Å². The molecule has 3 N–H and O–H groups in total. The number of aliphatic imine (C=N–C) groups is 1. The average Bonchev–Trinajstić information content (AvgIpc) is 3.17. The molecule has 1 aromatic carbocycles. The van der Waals surface area contributed by atoms with Crippen LogP contribution in [-0.2, 0) is 4.74 Å². The summed E-state index contributed by atoms with van der Waals surface area (Å²) in [6, 6.07) is 10.2. The van der Waals surface area contributed by atoms with E-state index < -0.39 is 11.7 Å². The fourth-order valence-corrected chi connectivity index (χ4v) is 4.70. The van der Waals surface area contributed by atoms with Crippen LogP contribution in [0.2, 0.25) is 0 Å². The highest BCUT2D eigenvalue weighted by Gasteiger charge is 2.27. The maximum atomic E-state index is 12.4.